The maximum atomic E-state index is 12.7. The maximum Gasteiger partial charge on any atom is 0.308 e. The molecule has 0 aliphatic carbocycles. The molecule has 0 fully saturated rings. The van der Waals surface area contributed by atoms with Crippen LogP contribution in [0.5, 0.6) is 0 Å². The van der Waals surface area contributed by atoms with Crippen molar-refractivity contribution in [2.45, 2.75) is 66.0 Å². The monoisotopic (exact) mass is 786 g/mol. The van der Waals surface area contributed by atoms with E-state index < -0.39 is 5.97 Å². The van der Waals surface area contributed by atoms with Crippen molar-refractivity contribution in [1.82, 2.24) is 10.3 Å². The van der Waals surface area contributed by atoms with E-state index in [9.17, 15) is 14.4 Å². The summed E-state index contributed by atoms with van der Waals surface area (Å²) in [5.74, 6) is -1.37. The molecule has 0 aliphatic heterocycles. The van der Waals surface area contributed by atoms with Gasteiger partial charge < -0.3 is 26.3 Å². The Bertz CT molecular complexity index is 1180. The molecule has 3 aromatic rings. The Morgan fingerprint density at radius 1 is 0.886 bits per heavy atom. The van der Waals surface area contributed by atoms with E-state index in [0.29, 0.717) is 32.5 Å². The van der Waals surface area contributed by atoms with Gasteiger partial charge in [-0.1, -0.05) is 75.4 Å². The van der Waals surface area contributed by atoms with Crippen LogP contribution in [0.1, 0.15) is 58.1 Å². The van der Waals surface area contributed by atoms with Crippen LogP contribution in [-0.4, -0.2) is 48.6 Å². The molecule has 1 aromatic heterocycles. The standard InChI is InChI=1S/C30H34N2O5.C2H7N2.C2H6.Pt/c1-3-36-30(35)22(2)19-27(20-23-9-11-26(12-10-23)25-7-5-4-6-8-25)32-28(33)13-14-29(34)37-21-24-15-17-31-18-16-24;3-1-2-4;1-2;/h4-12,15-18,22,27H,3,13-14,19-21H2,1-2H3,(H,32,33);3H,1-2,4H2;1-2H3;/q;-1;;/t22?,27-;;;/m0.../s1. The Labute approximate surface area is 276 Å². The Balaban J connectivity index is 0.00000244. The fourth-order valence-corrected chi connectivity index (χ4v) is 3.98. The predicted molar refractivity (Wildman–Crippen MR) is 171 cm³/mol. The summed E-state index contributed by atoms with van der Waals surface area (Å²) in [5.41, 5.74) is 15.3. The number of carbonyl (C=O) groups is 3. The molecule has 1 heterocycles. The minimum atomic E-state index is -0.445. The average molecular weight is 787 g/mol. The number of hydrogen-bond donors (Lipinski definition) is 2. The van der Waals surface area contributed by atoms with Crippen LogP contribution in [0.25, 0.3) is 16.9 Å². The molecule has 0 bridgehead atoms. The van der Waals surface area contributed by atoms with E-state index >= 15 is 0 Å². The number of amides is 1. The first-order valence-corrected chi connectivity index (χ1v) is 14.9. The van der Waals surface area contributed by atoms with Gasteiger partial charge in [0, 0.05) is 45.9 Å². The van der Waals surface area contributed by atoms with E-state index in [1.807, 2.05) is 44.2 Å². The van der Waals surface area contributed by atoms with Crippen molar-refractivity contribution in [3.63, 3.8) is 0 Å². The van der Waals surface area contributed by atoms with Crippen LogP contribution in [-0.2, 0) is 58.0 Å². The molecular formula is C34H47N4O5Pt-. The molecule has 2 aromatic carbocycles. The van der Waals surface area contributed by atoms with Gasteiger partial charge in [-0.2, -0.15) is 0 Å². The van der Waals surface area contributed by atoms with E-state index in [4.69, 9.17) is 20.9 Å². The van der Waals surface area contributed by atoms with Crippen molar-refractivity contribution in [2.75, 3.05) is 19.7 Å². The second-order valence-corrected chi connectivity index (χ2v) is 9.48. The Hall–Kier alpha value is -3.39. The van der Waals surface area contributed by atoms with Gasteiger partial charge in [0.1, 0.15) is 6.61 Å². The van der Waals surface area contributed by atoms with Crippen LogP contribution < -0.4 is 11.1 Å². The number of nitrogens with zero attached hydrogens (tertiary/aromatic N) is 1. The number of benzene rings is 2. The Morgan fingerprint density at radius 3 is 2.05 bits per heavy atom. The van der Waals surface area contributed by atoms with Gasteiger partial charge >= 0.3 is 11.9 Å². The number of nitrogens with two attached hydrogens (primary N) is 1. The number of carbonyl (C=O) groups excluding carboxylic acids is 3. The van der Waals surface area contributed by atoms with E-state index in [1.165, 1.54) is 0 Å². The molecule has 2 atom stereocenters. The van der Waals surface area contributed by atoms with Crippen LogP contribution in [0.2, 0.25) is 0 Å². The van der Waals surface area contributed by atoms with Gasteiger partial charge in [-0.25, -0.2) is 0 Å². The third kappa shape index (κ3) is 17.0. The van der Waals surface area contributed by atoms with Crippen molar-refractivity contribution >= 4 is 17.8 Å². The number of hydrogen-bond acceptors (Lipinski definition) is 7. The van der Waals surface area contributed by atoms with Crippen molar-refractivity contribution in [1.29, 1.82) is 0 Å². The zero-order chi connectivity index (χ0) is 31.9. The van der Waals surface area contributed by atoms with Crippen molar-refractivity contribution in [3.05, 3.63) is 96.0 Å². The van der Waals surface area contributed by atoms with Gasteiger partial charge in [0.25, 0.3) is 0 Å². The molecule has 0 spiro atoms. The van der Waals surface area contributed by atoms with E-state index in [0.717, 1.165) is 22.3 Å². The fourth-order valence-electron chi connectivity index (χ4n) is 3.98. The molecular weight excluding hydrogens is 739 g/mol. The minimum Gasteiger partial charge on any atom is -0.676 e. The maximum absolute atomic E-state index is 12.7. The van der Waals surface area contributed by atoms with Gasteiger partial charge in [0.05, 0.1) is 18.9 Å². The van der Waals surface area contributed by atoms with Crippen molar-refractivity contribution < 1.29 is 44.9 Å². The smallest absolute Gasteiger partial charge is 0.308 e. The van der Waals surface area contributed by atoms with Gasteiger partial charge in [0.2, 0.25) is 5.91 Å². The summed E-state index contributed by atoms with van der Waals surface area (Å²) in [7, 11) is 0. The summed E-state index contributed by atoms with van der Waals surface area (Å²) in [6.45, 7) is 8.85. The molecule has 0 saturated carbocycles. The zero-order valence-corrected chi connectivity index (χ0v) is 28.5. The molecule has 1 amide bonds. The average Bonchev–Trinajstić information content (AvgIpc) is 3.05. The summed E-state index contributed by atoms with van der Waals surface area (Å²) in [6.07, 6.45) is 4.22. The van der Waals surface area contributed by atoms with Crippen LogP contribution in [0.3, 0.4) is 0 Å². The first kappa shape index (κ1) is 40.6. The minimum absolute atomic E-state index is 0. The van der Waals surface area contributed by atoms with Crippen LogP contribution in [0.15, 0.2) is 79.1 Å². The molecule has 1 unspecified atom stereocenters. The van der Waals surface area contributed by atoms with Crippen LogP contribution in [0, 0.1) is 5.92 Å². The number of pyridine rings is 1. The van der Waals surface area contributed by atoms with E-state index in [2.05, 4.69) is 34.6 Å². The topological polar surface area (TPSA) is 144 Å². The number of ether oxygens (including phenoxy) is 2. The van der Waals surface area contributed by atoms with E-state index in [1.54, 1.807) is 38.4 Å². The third-order valence-electron chi connectivity index (χ3n) is 6.09. The molecule has 44 heavy (non-hydrogen) atoms. The summed E-state index contributed by atoms with van der Waals surface area (Å²) < 4.78 is 10.4. The first-order chi connectivity index (χ1) is 20.9. The van der Waals surface area contributed by atoms with Gasteiger partial charge in [0.15, 0.2) is 0 Å². The number of rotatable bonds is 14. The van der Waals surface area contributed by atoms with Crippen LogP contribution >= 0.6 is 0 Å². The largest absolute Gasteiger partial charge is 0.676 e. The Kier molecular flexibility index (Phi) is 23.1. The third-order valence-corrected chi connectivity index (χ3v) is 6.09. The molecule has 0 saturated heterocycles. The summed E-state index contributed by atoms with van der Waals surface area (Å²) in [4.78, 5) is 41.0. The zero-order valence-electron chi connectivity index (χ0n) is 26.2. The number of nitrogens with one attached hydrogen (secondary N) is 2. The Morgan fingerprint density at radius 2 is 1.48 bits per heavy atom. The molecule has 244 valence electrons. The summed E-state index contributed by atoms with van der Waals surface area (Å²) in [6, 6.07) is 21.5. The van der Waals surface area contributed by atoms with Gasteiger partial charge in [-0.15, -0.1) is 6.54 Å². The van der Waals surface area contributed by atoms with E-state index in [-0.39, 0.29) is 64.4 Å². The predicted octanol–water partition coefficient (Wildman–Crippen LogP) is 5.91. The molecule has 0 aliphatic rings. The first-order valence-electron chi connectivity index (χ1n) is 14.9. The molecule has 9 nitrogen and oxygen atoms in total. The molecule has 10 heteroatoms. The SMILES string of the molecule is CC.CCOC(=O)C(C)C[C@@H](Cc1ccc(-c2ccccc2)cc1)NC(=O)CCC(=O)OCc1ccncc1.[NH-]CCN.[Pt]. The quantitative estimate of drug-likeness (QED) is 0.194. The molecule has 3 rings (SSSR count). The molecule has 4 N–H and O–H groups in total. The van der Waals surface area contributed by atoms with Crippen molar-refractivity contribution in [3.8, 4) is 11.1 Å². The van der Waals surface area contributed by atoms with Gasteiger partial charge in [-0.3, -0.25) is 19.4 Å². The molecule has 0 radical (unpaired) electrons. The van der Waals surface area contributed by atoms with Crippen molar-refractivity contribution in [2.24, 2.45) is 11.7 Å². The normalized spacial score (nSPS) is 11.1. The second-order valence-electron chi connectivity index (χ2n) is 9.48. The number of aromatic nitrogens is 1. The summed E-state index contributed by atoms with van der Waals surface area (Å²) in [5, 5.41) is 3.01. The van der Waals surface area contributed by atoms with Gasteiger partial charge in [-0.05, 0) is 60.7 Å². The number of esters is 2. The second kappa shape index (κ2) is 25.0. The fraction of sp³-hybridized carbons (Fsp3) is 0.412. The summed E-state index contributed by atoms with van der Waals surface area (Å²) >= 11 is 0. The van der Waals surface area contributed by atoms with Crippen LogP contribution in [0.4, 0.5) is 0 Å².